The number of sulfonamides is 1. The summed E-state index contributed by atoms with van der Waals surface area (Å²) in [5.41, 5.74) is 1.97. The molecule has 9 nitrogen and oxygen atoms in total. The minimum Gasteiger partial charge on any atom is -0.378 e. The van der Waals surface area contributed by atoms with Gasteiger partial charge in [-0.1, -0.05) is 6.42 Å². The zero-order valence-corrected chi connectivity index (χ0v) is 24.6. The summed E-state index contributed by atoms with van der Waals surface area (Å²) in [5, 5.41) is 3.56. The third-order valence-electron chi connectivity index (χ3n) is 8.02. The molecule has 3 aliphatic rings. The SMILES string of the molecule is CC(C)N1CCc2c(sc(NC(=O)c3ccc(S(=O)(=O)N4CCCCC4C)cc3)c2C(=O)N2CCOCC2)C1. The fourth-order valence-corrected chi connectivity index (χ4v) is 8.58. The summed E-state index contributed by atoms with van der Waals surface area (Å²) < 4.78 is 33.4. The number of benzene rings is 1. The van der Waals surface area contributed by atoms with Crippen LogP contribution in [0.3, 0.4) is 0 Å². The number of piperidine rings is 1. The normalized spacial score (nSPS) is 21.1. The fraction of sp³-hybridized carbons (Fsp3) is 0.571. The van der Waals surface area contributed by atoms with Gasteiger partial charge in [-0.15, -0.1) is 11.3 Å². The number of hydrogen-bond donors (Lipinski definition) is 1. The number of nitrogens with one attached hydrogen (secondary N) is 1. The highest BCUT2D eigenvalue weighted by Crippen LogP contribution is 2.39. The number of hydrogen-bond acceptors (Lipinski definition) is 7. The first-order chi connectivity index (χ1) is 18.7. The summed E-state index contributed by atoms with van der Waals surface area (Å²) in [4.78, 5) is 32.5. The van der Waals surface area contributed by atoms with Gasteiger partial charge in [-0.25, -0.2) is 8.42 Å². The zero-order chi connectivity index (χ0) is 27.7. The van der Waals surface area contributed by atoms with Gasteiger partial charge < -0.3 is 15.0 Å². The van der Waals surface area contributed by atoms with E-state index in [2.05, 4.69) is 24.1 Å². The van der Waals surface area contributed by atoms with Crippen molar-refractivity contribution in [3.8, 4) is 0 Å². The standard InChI is InChI=1S/C28H38N4O5S2/c1-19(2)31-13-11-23-24(18-31)38-27(25(23)28(34)30-14-16-37-17-15-30)29-26(33)21-7-9-22(10-8-21)39(35,36)32-12-5-4-6-20(32)3/h7-10,19-20H,4-6,11-18H2,1-3H3,(H,29,33). The lowest BCUT2D eigenvalue weighted by molar-refractivity contribution is 0.0302. The van der Waals surface area contributed by atoms with Crippen LogP contribution in [-0.2, 0) is 27.7 Å². The molecule has 1 aromatic heterocycles. The first kappa shape index (κ1) is 28.2. The molecule has 2 amide bonds. The van der Waals surface area contributed by atoms with Crippen molar-refractivity contribution in [2.75, 3.05) is 44.7 Å². The van der Waals surface area contributed by atoms with Crippen molar-refractivity contribution in [2.45, 2.75) is 70.0 Å². The number of ether oxygens (including phenoxy) is 1. The first-order valence-electron chi connectivity index (χ1n) is 13.9. The van der Waals surface area contributed by atoms with Crippen LogP contribution in [0.15, 0.2) is 29.2 Å². The quantitative estimate of drug-likeness (QED) is 0.564. The lowest BCUT2D eigenvalue weighted by Crippen LogP contribution is -2.42. The van der Waals surface area contributed by atoms with Gasteiger partial charge in [-0.05, 0) is 69.9 Å². The Balaban J connectivity index is 1.39. The number of fused-ring (bicyclic) bond motifs is 1. The van der Waals surface area contributed by atoms with Crippen LogP contribution in [0.4, 0.5) is 5.00 Å². The number of thiophene rings is 1. The summed E-state index contributed by atoms with van der Waals surface area (Å²) in [6.45, 7) is 10.5. The van der Waals surface area contributed by atoms with Crippen LogP contribution in [0.1, 0.15) is 71.2 Å². The van der Waals surface area contributed by atoms with E-state index in [1.54, 1.807) is 21.3 Å². The predicted octanol–water partition coefficient (Wildman–Crippen LogP) is 3.80. The number of morpholine rings is 1. The van der Waals surface area contributed by atoms with E-state index in [1.807, 2.05) is 6.92 Å². The number of nitrogens with zero attached hydrogens (tertiary/aromatic N) is 3. The Labute approximate surface area is 235 Å². The molecule has 1 aromatic carbocycles. The summed E-state index contributed by atoms with van der Waals surface area (Å²) in [6.07, 6.45) is 3.50. The highest BCUT2D eigenvalue weighted by molar-refractivity contribution is 7.89. The minimum absolute atomic E-state index is 0.0365. The molecule has 3 aliphatic heterocycles. The number of amides is 2. The Morgan fingerprint density at radius 1 is 1.05 bits per heavy atom. The Morgan fingerprint density at radius 3 is 2.44 bits per heavy atom. The minimum atomic E-state index is -3.62. The van der Waals surface area contributed by atoms with E-state index in [0.717, 1.165) is 49.2 Å². The van der Waals surface area contributed by atoms with Crippen molar-refractivity contribution in [3.63, 3.8) is 0 Å². The van der Waals surface area contributed by atoms with Crippen LogP contribution in [0.2, 0.25) is 0 Å². The lowest BCUT2D eigenvalue weighted by atomic mass is 10.0. The monoisotopic (exact) mass is 574 g/mol. The van der Waals surface area contributed by atoms with Crippen molar-refractivity contribution in [1.29, 1.82) is 0 Å². The molecule has 5 rings (SSSR count). The average Bonchev–Trinajstić information content (AvgIpc) is 3.30. The molecule has 0 saturated carbocycles. The molecule has 1 N–H and O–H groups in total. The van der Waals surface area contributed by atoms with Crippen molar-refractivity contribution in [3.05, 3.63) is 45.8 Å². The van der Waals surface area contributed by atoms with E-state index in [9.17, 15) is 18.0 Å². The molecule has 39 heavy (non-hydrogen) atoms. The molecule has 1 atom stereocenters. The fourth-order valence-electron chi connectivity index (χ4n) is 5.62. The van der Waals surface area contributed by atoms with Gasteiger partial charge in [-0.2, -0.15) is 4.31 Å². The lowest BCUT2D eigenvalue weighted by Gasteiger charge is -2.32. The average molecular weight is 575 g/mol. The van der Waals surface area contributed by atoms with Crippen LogP contribution >= 0.6 is 11.3 Å². The van der Waals surface area contributed by atoms with Crippen molar-refractivity contribution in [1.82, 2.24) is 14.1 Å². The van der Waals surface area contributed by atoms with E-state index in [-0.39, 0.29) is 22.8 Å². The van der Waals surface area contributed by atoms with E-state index < -0.39 is 10.0 Å². The van der Waals surface area contributed by atoms with E-state index >= 15 is 0 Å². The smallest absolute Gasteiger partial charge is 0.257 e. The van der Waals surface area contributed by atoms with Gasteiger partial charge in [0.05, 0.1) is 23.7 Å². The molecular formula is C28H38N4O5S2. The summed E-state index contributed by atoms with van der Waals surface area (Å²) in [6, 6.07) is 6.46. The van der Waals surface area contributed by atoms with Crippen LogP contribution in [0.5, 0.6) is 0 Å². The second-order valence-corrected chi connectivity index (χ2v) is 13.9. The Kier molecular flexibility index (Phi) is 8.44. The van der Waals surface area contributed by atoms with E-state index in [0.29, 0.717) is 55.0 Å². The summed E-state index contributed by atoms with van der Waals surface area (Å²) >= 11 is 1.47. The van der Waals surface area contributed by atoms with Gasteiger partial charge in [0.2, 0.25) is 10.0 Å². The number of carbonyl (C=O) groups is 2. The van der Waals surface area contributed by atoms with Crippen molar-refractivity contribution >= 4 is 38.2 Å². The Bertz CT molecular complexity index is 1320. The summed E-state index contributed by atoms with van der Waals surface area (Å²) in [7, 11) is -3.62. The third-order valence-corrected chi connectivity index (χ3v) is 11.2. The summed E-state index contributed by atoms with van der Waals surface area (Å²) in [5.74, 6) is -0.429. The van der Waals surface area contributed by atoms with Gasteiger partial charge in [0.1, 0.15) is 5.00 Å². The predicted molar refractivity (Wildman–Crippen MR) is 152 cm³/mol. The molecule has 11 heteroatoms. The third kappa shape index (κ3) is 5.78. The maximum Gasteiger partial charge on any atom is 0.257 e. The zero-order valence-electron chi connectivity index (χ0n) is 22.9. The van der Waals surface area contributed by atoms with Crippen LogP contribution < -0.4 is 5.32 Å². The molecule has 2 fully saturated rings. The molecule has 0 radical (unpaired) electrons. The maximum atomic E-state index is 13.7. The Morgan fingerprint density at radius 2 is 1.77 bits per heavy atom. The molecule has 1 unspecified atom stereocenters. The van der Waals surface area contributed by atoms with Gasteiger partial charge in [-0.3, -0.25) is 14.5 Å². The second-order valence-electron chi connectivity index (χ2n) is 10.9. The molecule has 2 saturated heterocycles. The van der Waals surface area contributed by atoms with Gasteiger partial charge in [0, 0.05) is 55.2 Å². The number of anilines is 1. The highest BCUT2D eigenvalue weighted by atomic mass is 32.2. The molecule has 212 valence electrons. The van der Waals surface area contributed by atoms with E-state index in [1.165, 1.54) is 23.5 Å². The number of rotatable bonds is 6. The van der Waals surface area contributed by atoms with Crippen LogP contribution in [-0.4, -0.2) is 85.8 Å². The highest BCUT2D eigenvalue weighted by Gasteiger charge is 2.33. The van der Waals surface area contributed by atoms with Gasteiger partial charge >= 0.3 is 0 Å². The van der Waals surface area contributed by atoms with Gasteiger partial charge in [0.15, 0.2) is 0 Å². The molecule has 4 heterocycles. The molecule has 2 aromatic rings. The maximum absolute atomic E-state index is 13.7. The van der Waals surface area contributed by atoms with Crippen molar-refractivity contribution in [2.24, 2.45) is 0 Å². The largest absolute Gasteiger partial charge is 0.378 e. The second kappa shape index (κ2) is 11.7. The molecule has 0 bridgehead atoms. The first-order valence-corrected chi connectivity index (χ1v) is 16.1. The topological polar surface area (TPSA) is 99.3 Å². The van der Waals surface area contributed by atoms with E-state index in [4.69, 9.17) is 4.74 Å². The molecular weight excluding hydrogens is 536 g/mol. The van der Waals surface area contributed by atoms with Crippen LogP contribution in [0.25, 0.3) is 0 Å². The van der Waals surface area contributed by atoms with Crippen LogP contribution in [0, 0.1) is 0 Å². The Hall–Kier alpha value is -2.31. The molecule has 0 spiro atoms. The number of carbonyl (C=O) groups excluding carboxylic acids is 2. The molecule has 0 aliphatic carbocycles. The van der Waals surface area contributed by atoms with Gasteiger partial charge in [0.25, 0.3) is 11.8 Å². The van der Waals surface area contributed by atoms with Crippen molar-refractivity contribution < 1.29 is 22.7 Å².